The van der Waals surface area contributed by atoms with Gasteiger partial charge in [-0.15, -0.1) is 0 Å². The number of hydrogen-bond acceptors (Lipinski definition) is 2. The van der Waals surface area contributed by atoms with E-state index in [0.29, 0.717) is 0 Å². The summed E-state index contributed by atoms with van der Waals surface area (Å²) in [5.41, 5.74) is 0. The average molecular weight is 218 g/mol. The van der Waals surface area contributed by atoms with Crippen LogP contribution in [0.2, 0.25) is 0 Å². The zero-order valence-corrected chi connectivity index (χ0v) is 7.70. The highest BCUT2D eigenvalue weighted by atomic mass is 79.9. The number of alkyl halides is 1. The van der Waals surface area contributed by atoms with Crippen molar-refractivity contribution in [1.29, 1.82) is 0 Å². The minimum atomic E-state index is 0.722. The Balaban J connectivity index is 2.28. The van der Waals surface area contributed by atoms with Crippen LogP contribution in [0.3, 0.4) is 0 Å². The van der Waals surface area contributed by atoms with Gasteiger partial charge in [-0.3, -0.25) is 9.82 Å². The normalized spacial score (nSPS) is 9.55. The lowest BCUT2D eigenvalue weighted by Crippen LogP contribution is -2.42. The van der Waals surface area contributed by atoms with Crippen LogP contribution in [0.25, 0.3) is 0 Å². The molecule has 0 spiro atoms. The van der Waals surface area contributed by atoms with Crippen molar-refractivity contribution in [2.75, 3.05) is 11.9 Å². The summed E-state index contributed by atoms with van der Waals surface area (Å²) in [6, 6.07) is 0. The van der Waals surface area contributed by atoms with Crippen LogP contribution in [0.15, 0.2) is 24.8 Å². The van der Waals surface area contributed by atoms with E-state index >= 15 is 0 Å². The Morgan fingerprint density at radius 1 is 1.36 bits per heavy atom. The molecule has 1 aromatic heterocycles. The highest BCUT2D eigenvalue weighted by Crippen LogP contribution is 1.83. The minimum absolute atomic E-state index is 0.722. The standard InChI is InChI=1S/C7H10BrN2O/c8-2-1-7-11-10-5-3-9-4-6-10/h3-6H,1-2,7H2/q+1. The van der Waals surface area contributed by atoms with Crippen LogP contribution < -0.4 is 9.57 Å². The molecule has 1 rings (SSSR count). The zero-order valence-electron chi connectivity index (χ0n) is 6.11. The maximum Gasteiger partial charge on any atom is 0.240 e. The molecule has 3 nitrogen and oxygen atoms in total. The molecule has 0 unspecified atom stereocenters. The van der Waals surface area contributed by atoms with Crippen LogP contribution in [0.5, 0.6) is 0 Å². The van der Waals surface area contributed by atoms with Crippen molar-refractivity contribution in [2.45, 2.75) is 6.42 Å². The summed E-state index contributed by atoms with van der Waals surface area (Å²) in [4.78, 5) is 9.16. The highest BCUT2D eigenvalue weighted by Gasteiger charge is 1.96. The Bertz CT molecular complexity index is 193. The summed E-state index contributed by atoms with van der Waals surface area (Å²) < 4.78 is 1.65. The minimum Gasteiger partial charge on any atom is -0.271 e. The lowest BCUT2D eigenvalue weighted by molar-refractivity contribution is -0.891. The molecule has 0 radical (unpaired) electrons. The summed E-state index contributed by atoms with van der Waals surface area (Å²) in [5, 5.41) is 0.971. The van der Waals surface area contributed by atoms with Gasteiger partial charge < -0.3 is 0 Å². The molecular weight excluding hydrogens is 208 g/mol. The second-order valence-electron chi connectivity index (χ2n) is 1.98. The molecule has 1 heterocycles. The third-order valence-electron chi connectivity index (χ3n) is 1.12. The monoisotopic (exact) mass is 217 g/mol. The van der Waals surface area contributed by atoms with E-state index in [4.69, 9.17) is 4.84 Å². The molecule has 1 aromatic rings. The fraction of sp³-hybridized carbons (Fsp3) is 0.429. The van der Waals surface area contributed by atoms with Crippen LogP contribution in [0.4, 0.5) is 0 Å². The Morgan fingerprint density at radius 2 is 2.09 bits per heavy atom. The number of aromatic nitrogens is 2. The van der Waals surface area contributed by atoms with Crippen molar-refractivity contribution in [3.8, 4) is 0 Å². The van der Waals surface area contributed by atoms with Gasteiger partial charge in [-0.2, -0.15) is 0 Å². The van der Waals surface area contributed by atoms with Gasteiger partial charge >= 0.3 is 0 Å². The molecule has 0 amide bonds. The number of nitrogens with zero attached hydrogens (tertiary/aromatic N) is 2. The van der Waals surface area contributed by atoms with Crippen molar-refractivity contribution in [2.24, 2.45) is 0 Å². The third kappa shape index (κ3) is 3.32. The van der Waals surface area contributed by atoms with Gasteiger partial charge in [-0.05, 0) is 6.42 Å². The maximum atomic E-state index is 5.29. The van der Waals surface area contributed by atoms with Crippen molar-refractivity contribution < 1.29 is 9.57 Å². The fourth-order valence-electron chi connectivity index (χ4n) is 0.618. The van der Waals surface area contributed by atoms with Crippen LogP contribution in [-0.2, 0) is 0 Å². The topological polar surface area (TPSA) is 26.0 Å². The van der Waals surface area contributed by atoms with Gasteiger partial charge in [-0.1, -0.05) is 15.9 Å². The lowest BCUT2D eigenvalue weighted by Gasteiger charge is -1.94. The van der Waals surface area contributed by atoms with E-state index in [1.807, 2.05) is 0 Å². The van der Waals surface area contributed by atoms with E-state index in [-0.39, 0.29) is 0 Å². The zero-order chi connectivity index (χ0) is 7.94. The molecule has 4 heteroatoms. The van der Waals surface area contributed by atoms with Gasteiger partial charge in [0.25, 0.3) is 0 Å². The van der Waals surface area contributed by atoms with Gasteiger partial charge in [0.1, 0.15) is 0 Å². The largest absolute Gasteiger partial charge is 0.271 e. The van der Waals surface area contributed by atoms with E-state index in [2.05, 4.69) is 20.9 Å². The summed E-state index contributed by atoms with van der Waals surface area (Å²) in [5.74, 6) is 0. The second kappa shape index (κ2) is 5.07. The van der Waals surface area contributed by atoms with Crippen LogP contribution in [0.1, 0.15) is 6.42 Å². The smallest absolute Gasteiger partial charge is 0.240 e. The molecule has 0 aliphatic carbocycles. The second-order valence-corrected chi connectivity index (χ2v) is 2.77. The molecule has 0 saturated carbocycles. The summed E-state index contributed by atoms with van der Waals surface area (Å²) in [6.07, 6.45) is 7.93. The first-order valence-electron chi connectivity index (χ1n) is 3.44. The fourth-order valence-corrected chi connectivity index (χ4v) is 0.847. The SMILES string of the molecule is BrCCCO[n+]1ccncc1. The first kappa shape index (κ1) is 8.46. The molecule has 0 atom stereocenters. The van der Waals surface area contributed by atoms with Gasteiger partial charge in [-0.25, -0.2) is 0 Å². The first-order chi connectivity index (χ1) is 5.43. The quantitative estimate of drug-likeness (QED) is 0.419. The molecule has 0 aromatic carbocycles. The first-order valence-corrected chi connectivity index (χ1v) is 4.56. The summed E-state index contributed by atoms with van der Waals surface area (Å²) in [6.45, 7) is 0.722. The van der Waals surface area contributed by atoms with Gasteiger partial charge in [0.05, 0.1) is 12.4 Å². The maximum absolute atomic E-state index is 5.29. The number of halogens is 1. The van der Waals surface area contributed by atoms with E-state index in [9.17, 15) is 0 Å². The van der Waals surface area contributed by atoms with Crippen molar-refractivity contribution in [1.82, 2.24) is 4.98 Å². The van der Waals surface area contributed by atoms with E-state index in [0.717, 1.165) is 18.4 Å². The lowest BCUT2D eigenvalue weighted by atomic mass is 10.5. The van der Waals surface area contributed by atoms with Crippen molar-refractivity contribution >= 4 is 15.9 Å². The van der Waals surface area contributed by atoms with Gasteiger partial charge in [0.2, 0.25) is 12.4 Å². The Hall–Kier alpha value is -0.640. The Morgan fingerprint density at radius 3 is 2.73 bits per heavy atom. The van der Waals surface area contributed by atoms with E-state index in [1.54, 1.807) is 29.5 Å². The van der Waals surface area contributed by atoms with Crippen LogP contribution >= 0.6 is 15.9 Å². The molecule has 0 bridgehead atoms. The predicted octanol–water partition coefficient (Wildman–Crippen LogP) is 0.583. The molecule has 0 fully saturated rings. The molecular formula is C7H10BrN2O+. The molecule has 0 N–H and O–H groups in total. The Labute approximate surface area is 74.1 Å². The molecule has 0 saturated heterocycles. The molecule has 60 valence electrons. The molecule has 11 heavy (non-hydrogen) atoms. The van der Waals surface area contributed by atoms with Crippen molar-refractivity contribution in [3.05, 3.63) is 24.8 Å². The summed E-state index contributed by atoms with van der Waals surface area (Å²) >= 11 is 3.32. The van der Waals surface area contributed by atoms with Gasteiger partial charge in [0, 0.05) is 10.1 Å². The molecule has 0 aliphatic heterocycles. The summed E-state index contributed by atoms with van der Waals surface area (Å²) in [7, 11) is 0. The van der Waals surface area contributed by atoms with Crippen LogP contribution in [0, 0.1) is 0 Å². The van der Waals surface area contributed by atoms with Crippen LogP contribution in [-0.4, -0.2) is 16.9 Å². The van der Waals surface area contributed by atoms with Gasteiger partial charge in [0.15, 0.2) is 6.61 Å². The third-order valence-corrected chi connectivity index (χ3v) is 1.68. The number of rotatable bonds is 4. The Kier molecular flexibility index (Phi) is 3.90. The van der Waals surface area contributed by atoms with E-state index in [1.165, 1.54) is 0 Å². The number of hydrogen-bond donors (Lipinski definition) is 0. The van der Waals surface area contributed by atoms with Crippen molar-refractivity contribution in [3.63, 3.8) is 0 Å². The average Bonchev–Trinajstić information content (AvgIpc) is 2.07. The predicted molar refractivity (Wildman–Crippen MR) is 44.3 cm³/mol. The molecule has 0 aliphatic rings. The van der Waals surface area contributed by atoms with E-state index < -0.39 is 0 Å². The highest BCUT2D eigenvalue weighted by molar-refractivity contribution is 9.09.